The Morgan fingerprint density at radius 3 is 2.67 bits per heavy atom. The van der Waals surface area contributed by atoms with Crippen LogP contribution in [-0.4, -0.2) is 18.0 Å². The summed E-state index contributed by atoms with van der Waals surface area (Å²) in [5.41, 5.74) is 0.325. The Morgan fingerprint density at radius 2 is 2.20 bits per heavy atom. The van der Waals surface area contributed by atoms with Gasteiger partial charge in [-0.1, -0.05) is 0 Å². The summed E-state index contributed by atoms with van der Waals surface area (Å²) in [7, 11) is 0. The average molecular weight is 217 g/mol. The normalized spacial score (nSPS) is 10.4. The van der Waals surface area contributed by atoms with Gasteiger partial charge in [-0.3, -0.25) is 10.1 Å². The fourth-order valence-electron chi connectivity index (χ4n) is 1.08. The zero-order valence-corrected chi connectivity index (χ0v) is 7.94. The zero-order chi connectivity index (χ0) is 11.4. The van der Waals surface area contributed by atoms with Gasteiger partial charge in [0.25, 0.3) is 12.1 Å². The monoisotopic (exact) mass is 217 g/mol. The molecule has 0 unspecified atom stereocenters. The first-order valence-electron chi connectivity index (χ1n) is 4.16. The van der Waals surface area contributed by atoms with Crippen LogP contribution in [0.1, 0.15) is 5.56 Å². The lowest BCUT2D eigenvalue weighted by atomic mass is 10.2. The second-order valence-electron chi connectivity index (χ2n) is 2.91. The minimum atomic E-state index is -2.56. The fourth-order valence-corrected chi connectivity index (χ4v) is 1.08. The number of hydrogen-bond acceptors (Lipinski definition) is 3. The van der Waals surface area contributed by atoms with E-state index in [-0.39, 0.29) is 11.4 Å². The topological polar surface area (TPSA) is 52.4 Å². The van der Waals surface area contributed by atoms with Gasteiger partial charge in [-0.15, -0.1) is 0 Å². The van der Waals surface area contributed by atoms with Gasteiger partial charge in [0.05, 0.1) is 4.92 Å². The minimum absolute atomic E-state index is 0.0561. The van der Waals surface area contributed by atoms with Crippen molar-refractivity contribution in [2.45, 2.75) is 13.3 Å². The molecule has 0 radical (unpaired) electrons. The summed E-state index contributed by atoms with van der Waals surface area (Å²) < 4.78 is 28.3. The van der Waals surface area contributed by atoms with Crippen molar-refractivity contribution >= 4 is 5.69 Å². The summed E-state index contributed by atoms with van der Waals surface area (Å²) in [6, 6.07) is 3.89. The standard InChI is InChI=1S/C9H9F2NO3/c1-6-4-7(15-5-9(10)11)2-3-8(6)12(13)14/h2-4,9H,5H2,1H3. The maximum atomic E-state index is 11.8. The van der Waals surface area contributed by atoms with Crippen molar-refractivity contribution in [2.75, 3.05) is 6.61 Å². The van der Waals surface area contributed by atoms with E-state index in [9.17, 15) is 18.9 Å². The average Bonchev–Trinajstić information content (AvgIpc) is 2.14. The third-order valence-corrected chi connectivity index (χ3v) is 1.74. The Morgan fingerprint density at radius 1 is 1.53 bits per heavy atom. The van der Waals surface area contributed by atoms with Gasteiger partial charge in [0.1, 0.15) is 12.4 Å². The van der Waals surface area contributed by atoms with E-state index in [0.29, 0.717) is 5.56 Å². The summed E-state index contributed by atoms with van der Waals surface area (Å²) in [6.07, 6.45) is -2.56. The Bertz CT molecular complexity index is 368. The molecule has 0 aliphatic heterocycles. The molecule has 1 rings (SSSR count). The number of aryl methyl sites for hydroxylation is 1. The summed E-state index contributed by atoms with van der Waals surface area (Å²) in [6.45, 7) is 0.810. The van der Waals surface area contributed by atoms with Crippen LogP contribution in [0.3, 0.4) is 0 Å². The number of nitro benzene ring substituents is 1. The number of benzene rings is 1. The molecule has 0 saturated carbocycles. The Labute approximate surface area is 84.6 Å². The van der Waals surface area contributed by atoms with Crippen LogP contribution in [0.2, 0.25) is 0 Å². The van der Waals surface area contributed by atoms with Crippen molar-refractivity contribution in [1.82, 2.24) is 0 Å². The van der Waals surface area contributed by atoms with Crippen LogP contribution >= 0.6 is 0 Å². The number of nitrogens with zero attached hydrogens (tertiary/aromatic N) is 1. The predicted octanol–water partition coefficient (Wildman–Crippen LogP) is 2.55. The van der Waals surface area contributed by atoms with Crippen LogP contribution in [0.5, 0.6) is 5.75 Å². The van der Waals surface area contributed by atoms with Crippen LogP contribution in [0.15, 0.2) is 18.2 Å². The molecule has 0 aliphatic carbocycles. The minimum Gasteiger partial charge on any atom is -0.488 e. The number of nitro groups is 1. The Balaban J connectivity index is 2.78. The molecule has 6 heteroatoms. The number of ether oxygens (including phenoxy) is 1. The van der Waals surface area contributed by atoms with Gasteiger partial charge in [-0.05, 0) is 19.1 Å². The highest BCUT2D eigenvalue weighted by molar-refractivity contribution is 5.44. The summed E-state index contributed by atoms with van der Waals surface area (Å²) in [5, 5.41) is 10.4. The quantitative estimate of drug-likeness (QED) is 0.575. The number of halogens is 2. The maximum Gasteiger partial charge on any atom is 0.272 e. The van der Waals surface area contributed by atoms with E-state index in [1.54, 1.807) is 0 Å². The van der Waals surface area contributed by atoms with Gasteiger partial charge >= 0.3 is 0 Å². The molecule has 0 bridgehead atoms. The van der Waals surface area contributed by atoms with Crippen molar-refractivity contribution in [1.29, 1.82) is 0 Å². The van der Waals surface area contributed by atoms with Crippen LogP contribution < -0.4 is 4.74 Å². The second kappa shape index (κ2) is 4.68. The van der Waals surface area contributed by atoms with Gasteiger partial charge in [0.2, 0.25) is 0 Å². The summed E-state index contributed by atoms with van der Waals surface area (Å²) in [5.74, 6) is 0.207. The molecule has 0 N–H and O–H groups in total. The van der Waals surface area contributed by atoms with Gasteiger partial charge in [-0.25, -0.2) is 8.78 Å². The molecule has 1 aromatic rings. The van der Waals surface area contributed by atoms with Crippen LogP contribution in [-0.2, 0) is 0 Å². The van der Waals surface area contributed by atoms with E-state index in [1.165, 1.54) is 25.1 Å². The molecule has 0 heterocycles. The lowest BCUT2D eigenvalue weighted by Crippen LogP contribution is -2.07. The highest BCUT2D eigenvalue weighted by Gasteiger charge is 2.11. The molecule has 15 heavy (non-hydrogen) atoms. The van der Waals surface area contributed by atoms with E-state index in [0.717, 1.165) is 0 Å². The van der Waals surface area contributed by atoms with Crippen molar-refractivity contribution in [2.24, 2.45) is 0 Å². The highest BCUT2D eigenvalue weighted by atomic mass is 19.3. The van der Waals surface area contributed by atoms with Crippen LogP contribution in [0.25, 0.3) is 0 Å². The molecule has 4 nitrogen and oxygen atoms in total. The van der Waals surface area contributed by atoms with Crippen molar-refractivity contribution < 1.29 is 18.4 Å². The lowest BCUT2D eigenvalue weighted by Gasteiger charge is -2.05. The molecule has 0 aromatic heterocycles. The molecule has 0 aliphatic rings. The van der Waals surface area contributed by atoms with E-state index >= 15 is 0 Å². The Kier molecular flexibility index (Phi) is 3.54. The van der Waals surface area contributed by atoms with E-state index in [4.69, 9.17) is 4.74 Å². The molecule has 0 amide bonds. The van der Waals surface area contributed by atoms with Gasteiger partial charge in [-0.2, -0.15) is 0 Å². The molecule has 0 fully saturated rings. The Hall–Kier alpha value is -1.72. The molecule has 1 aromatic carbocycles. The molecule has 0 saturated heterocycles. The first-order valence-corrected chi connectivity index (χ1v) is 4.16. The molecular weight excluding hydrogens is 208 g/mol. The molecule has 0 spiro atoms. The van der Waals surface area contributed by atoms with E-state index < -0.39 is 18.0 Å². The molecule has 0 atom stereocenters. The molecule has 82 valence electrons. The predicted molar refractivity (Wildman–Crippen MR) is 49.3 cm³/mol. The number of hydrogen-bond donors (Lipinski definition) is 0. The fraction of sp³-hybridized carbons (Fsp3) is 0.333. The number of rotatable bonds is 4. The van der Waals surface area contributed by atoms with Crippen LogP contribution in [0, 0.1) is 17.0 Å². The first-order chi connectivity index (χ1) is 7.00. The van der Waals surface area contributed by atoms with Crippen LogP contribution in [0.4, 0.5) is 14.5 Å². The number of alkyl halides is 2. The second-order valence-corrected chi connectivity index (χ2v) is 2.91. The zero-order valence-electron chi connectivity index (χ0n) is 7.94. The lowest BCUT2D eigenvalue weighted by molar-refractivity contribution is -0.385. The summed E-state index contributed by atoms with van der Waals surface area (Å²) in [4.78, 5) is 9.91. The maximum absolute atomic E-state index is 11.8. The first kappa shape index (κ1) is 11.4. The van der Waals surface area contributed by atoms with Crippen molar-refractivity contribution in [3.05, 3.63) is 33.9 Å². The molecular formula is C9H9F2NO3. The third kappa shape index (κ3) is 3.16. The van der Waals surface area contributed by atoms with E-state index in [1.807, 2.05) is 0 Å². The van der Waals surface area contributed by atoms with Crippen molar-refractivity contribution in [3.8, 4) is 5.75 Å². The van der Waals surface area contributed by atoms with E-state index in [2.05, 4.69) is 0 Å². The van der Waals surface area contributed by atoms with Gasteiger partial charge < -0.3 is 4.74 Å². The van der Waals surface area contributed by atoms with Gasteiger partial charge in [0.15, 0.2) is 0 Å². The largest absolute Gasteiger partial charge is 0.488 e. The van der Waals surface area contributed by atoms with Gasteiger partial charge in [0, 0.05) is 11.6 Å². The SMILES string of the molecule is Cc1cc(OCC(F)F)ccc1[N+](=O)[O-]. The highest BCUT2D eigenvalue weighted by Crippen LogP contribution is 2.23. The van der Waals surface area contributed by atoms with Crippen molar-refractivity contribution in [3.63, 3.8) is 0 Å². The summed E-state index contributed by atoms with van der Waals surface area (Å²) >= 11 is 0. The third-order valence-electron chi connectivity index (χ3n) is 1.74. The smallest absolute Gasteiger partial charge is 0.272 e.